The molecule has 0 bridgehead atoms. The lowest BCUT2D eigenvalue weighted by Crippen LogP contribution is -2.51. The van der Waals surface area contributed by atoms with Gasteiger partial charge in [-0.05, 0) is 50.3 Å². The van der Waals surface area contributed by atoms with E-state index >= 15 is 0 Å². The average molecular weight is 463 g/mol. The van der Waals surface area contributed by atoms with Gasteiger partial charge in [0.25, 0.3) is 11.5 Å². The quantitative estimate of drug-likeness (QED) is 0.605. The number of nitrogens with one attached hydrogen (secondary N) is 1. The number of hydrogen-bond donors (Lipinski definition) is 1. The highest BCUT2D eigenvalue weighted by Gasteiger charge is 2.44. The third-order valence-corrected chi connectivity index (χ3v) is 8.07. The summed E-state index contributed by atoms with van der Waals surface area (Å²) in [6.45, 7) is 3.68. The number of sulfone groups is 1. The molecule has 1 saturated heterocycles. The number of aromatic nitrogens is 1. The van der Waals surface area contributed by atoms with Gasteiger partial charge in [-0.25, -0.2) is 18.7 Å². The second-order valence-electron chi connectivity index (χ2n) is 8.32. The summed E-state index contributed by atoms with van der Waals surface area (Å²) in [5.74, 6) is -0.778. The number of carbonyl (C=O) groups is 1. The first kappa shape index (κ1) is 24.2. The Kier molecular flexibility index (Phi) is 7.53. The Morgan fingerprint density at radius 2 is 1.97 bits per heavy atom. The van der Waals surface area contributed by atoms with Crippen molar-refractivity contribution in [3.8, 4) is 11.1 Å². The van der Waals surface area contributed by atoms with Crippen LogP contribution in [-0.2, 0) is 30.8 Å². The standard InChI is InChI=1S/C23H30N2O6S/c1-17-19(18-9-5-4-6-10-18)12-14-25(21(17)26)15-13-23(2,32(3,28)29)22(27)24-31-20-11-7-8-16-30-20/h4-6,9-10,12,14,20H,7-8,11,13,15-16H2,1-3H3,(H,24,27). The second kappa shape index (κ2) is 9.97. The minimum Gasteiger partial charge on any atom is -0.350 e. The molecule has 1 aliphatic heterocycles. The van der Waals surface area contributed by atoms with Crippen LogP contribution < -0.4 is 11.0 Å². The fourth-order valence-electron chi connectivity index (χ4n) is 3.63. The van der Waals surface area contributed by atoms with E-state index in [1.54, 1.807) is 13.1 Å². The van der Waals surface area contributed by atoms with E-state index < -0.39 is 26.8 Å². The first-order valence-electron chi connectivity index (χ1n) is 10.7. The van der Waals surface area contributed by atoms with Crippen molar-refractivity contribution in [2.24, 2.45) is 0 Å². The Bertz CT molecular complexity index is 1110. The number of carbonyl (C=O) groups excluding carboxylic acids is 1. The van der Waals surface area contributed by atoms with Gasteiger partial charge >= 0.3 is 0 Å². The smallest absolute Gasteiger partial charge is 0.264 e. The Balaban J connectivity index is 1.76. The summed E-state index contributed by atoms with van der Waals surface area (Å²) < 4.78 is 30.1. The Hall–Kier alpha value is -2.49. The van der Waals surface area contributed by atoms with Crippen LogP contribution in [0.4, 0.5) is 0 Å². The van der Waals surface area contributed by atoms with E-state index in [4.69, 9.17) is 9.57 Å². The van der Waals surface area contributed by atoms with E-state index in [1.807, 2.05) is 36.4 Å². The zero-order valence-corrected chi connectivity index (χ0v) is 19.5. The molecule has 1 amide bonds. The van der Waals surface area contributed by atoms with Crippen LogP contribution in [0.15, 0.2) is 47.4 Å². The SMILES string of the molecule is Cc1c(-c2ccccc2)ccn(CCC(C)(C(=O)NOC2CCCCO2)S(C)(=O)=O)c1=O. The molecule has 1 N–H and O–H groups in total. The van der Waals surface area contributed by atoms with E-state index in [0.29, 0.717) is 18.6 Å². The molecule has 1 aliphatic rings. The highest BCUT2D eigenvalue weighted by Crippen LogP contribution is 2.24. The van der Waals surface area contributed by atoms with Crippen LogP contribution in [0, 0.1) is 6.92 Å². The second-order valence-corrected chi connectivity index (χ2v) is 10.8. The molecule has 1 aromatic heterocycles. The molecule has 2 atom stereocenters. The molecule has 0 spiro atoms. The molecule has 2 unspecified atom stereocenters. The number of hydroxylamine groups is 1. The van der Waals surface area contributed by atoms with Crippen LogP contribution in [0.1, 0.15) is 38.2 Å². The van der Waals surface area contributed by atoms with Gasteiger partial charge in [-0.3, -0.25) is 9.59 Å². The summed E-state index contributed by atoms with van der Waals surface area (Å²) in [5, 5.41) is 0. The summed E-state index contributed by atoms with van der Waals surface area (Å²) in [4.78, 5) is 31.0. The fourth-order valence-corrected chi connectivity index (χ4v) is 4.47. The molecule has 3 rings (SSSR count). The minimum absolute atomic E-state index is 0.0612. The maximum absolute atomic E-state index is 12.9. The first-order valence-corrected chi connectivity index (χ1v) is 12.6. The van der Waals surface area contributed by atoms with E-state index in [1.165, 1.54) is 11.5 Å². The lowest BCUT2D eigenvalue weighted by Gasteiger charge is -2.28. The van der Waals surface area contributed by atoms with E-state index in [0.717, 1.165) is 30.2 Å². The Labute approximate surface area is 188 Å². The van der Waals surface area contributed by atoms with E-state index in [2.05, 4.69) is 5.48 Å². The lowest BCUT2D eigenvalue weighted by atomic mass is 10.0. The number of pyridine rings is 1. The van der Waals surface area contributed by atoms with Crippen LogP contribution in [0.3, 0.4) is 0 Å². The molecule has 174 valence electrons. The molecule has 0 aliphatic carbocycles. The maximum Gasteiger partial charge on any atom is 0.264 e. The number of benzene rings is 1. The third-order valence-electron chi connectivity index (χ3n) is 6.04. The summed E-state index contributed by atoms with van der Waals surface area (Å²) in [6.07, 6.45) is 4.42. The van der Waals surface area contributed by atoms with Gasteiger partial charge < -0.3 is 9.30 Å². The van der Waals surface area contributed by atoms with Gasteiger partial charge in [0.2, 0.25) is 0 Å². The normalized spacial score (nSPS) is 18.7. The number of rotatable bonds is 8. The summed E-state index contributed by atoms with van der Waals surface area (Å²) in [6, 6.07) is 11.4. The summed E-state index contributed by atoms with van der Waals surface area (Å²) >= 11 is 0. The maximum atomic E-state index is 12.9. The number of amides is 1. The van der Waals surface area contributed by atoms with Crippen LogP contribution in [0.2, 0.25) is 0 Å². The highest BCUT2D eigenvalue weighted by molar-refractivity contribution is 7.92. The van der Waals surface area contributed by atoms with Gasteiger partial charge in [-0.1, -0.05) is 30.3 Å². The zero-order chi connectivity index (χ0) is 23.4. The molecular weight excluding hydrogens is 432 g/mol. The lowest BCUT2D eigenvalue weighted by molar-refractivity contribution is -0.201. The van der Waals surface area contributed by atoms with Gasteiger partial charge in [-0.15, -0.1) is 0 Å². The van der Waals surface area contributed by atoms with Gasteiger partial charge in [0.15, 0.2) is 20.9 Å². The highest BCUT2D eigenvalue weighted by atomic mass is 32.2. The molecule has 9 heteroatoms. The van der Waals surface area contributed by atoms with Crippen molar-refractivity contribution in [3.05, 3.63) is 58.5 Å². The van der Waals surface area contributed by atoms with Gasteiger partial charge in [0.05, 0.1) is 0 Å². The third kappa shape index (κ3) is 5.28. The van der Waals surface area contributed by atoms with Crippen LogP contribution in [-0.4, -0.2) is 42.8 Å². The Morgan fingerprint density at radius 1 is 1.25 bits per heavy atom. The van der Waals surface area contributed by atoms with Crippen molar-refractivity contribution in [3.63, 3.8) is 0 Å². The number of hydrogen-bond acceptors (Lipinski definition) is 6. The van der Waals surface area contributed by atoms with Gasteiger partial charge in [-0.2, -0.15) is 0 Å². The molecule has 2 aromatic rings. The molecule has 32 heavy (non-hydrogen) atoms. The zero-order valence-electron chi connectivity index (χ0n) is 18.7. The van der Waals surface area contributed by atoms with Gasteiger partial charge in [0, 0.05) is 37.6 Å². The van der Waals surface area contributed by atoms with Crippen molar-refractivity contribution in [1.82, 2.24) is 10.0 Å². The monoisotopic (exact) mass is 462 g/mol. The number of aryl methyl sites for hydroxylation is 1. The molecular formula is C23H30N2O6S. The number of nitrogens with zero attached hydrogens (tertiary/aromatic N) is 1. The molecule has 1 aromatic carbocycles. The molecule has 0 saturated carbocycles. The molecule has 8 nitrogen and oxygen atoms in total. The molecule has 2 heterocycles. The topological polar surface area (TPSA) is 104 Å². The van der Waals surface area contributed by atoms with Crippen molar-refractivity contribution in [2.45, 2.75) is 57.1 Å². The minimum atomic E-state index is -3.81. The van der Waals surface area contributed by atoms with Crippen LogP contribution >= 0.6 is 0 Å². The van der Waals surface area contributed by atoms with Crippen molar-refractivity contribution in [2.75, 3.05) is 12.9 Å². The summed E-state index contributed by atoms with van der Waals surface area (Å²) in [7, 11) is -3.81. The molecule has 1 fully saturated rings. The van der Waals surface area contributed by atoms with Crippen LogP contribution in [0.5, 0.6) is 0 Å². The van der Waals surface area contributed by atoms with Crippen molar-refractivity contribution in [1.29, 1.82) is 0 Å². The fraction of sp³-hybridized carbons (Fsp3) is 0.478. The van der Waals surface area contributed by atoms with E-state index in [9.17, 15) is 18.0 Å². The first-order chi connectivity index (χ1) is 15.1. The van der Waals surface area contributed by atoms with Gasteiger partial charge in [0.1, 0.15) is 0 Å². The van der Waals surface area contributed by atoms with Crippen LogP contribution in [0.25, 0.3) is 11.1 Å². The number of ether oxygens (including phenoxy) is 1. The van der Waals surface area contributed by atoms with Crippen molar-refractivity contribution < 1.29 is 22.8 Å². The largest absolute Gasteiger partial charge is 0.350 e. The van der Waals surface area contributed by atoms with Crippen molar-refractivity contribution >= 4 is 15.7 Å². The van der Waals surface area contributed by atoms with E-state index in [-0.39, 0.29) is 18.5 Å². The predicted molar refractivity (Wildman–Crippen MR) is 122 cm³/mol. The summed E-state index contributed by atoms with van der Waals surface area (Å²) in [5.41, 5.74) is 4.34. The predicted octanol–water partition coefficient (Wildman–Crippen LogP) is 2.59. The average Bonchev–Trinajstić information content (AvgIpc) is 2.78. The molecule has 0 radical (unpaired) electrons. The Morgan fingerprint density at radius 3 is 2.59 bits per heavy atom.